The molecule has 2 aliphatic heterocycles. The van der Waals surface area contributed by atoms with E-state index in [4.69, 9.17) is 16.3 Å². The molecule has 2 N–H and O–H groups in total. The van der Waals surface area contributed by atoms with Crippen LogP contribution in [-0.4, -0.2) is 95.4 Å². The first-order chi connectivity index (χ1) is 22.3. The first-order valence-corrected chi connectivity index (χ1v) is 17.0. The van der Waals surface area contributed by atoms with Gasteiger partial charge in [-0.25, -0.2) is 24.1 Å². The van der Waals surface area contributed by atoms with Crippen LogP contribution in [-0.2, 0) is 22.4 Å². The molecule has 2 aliphatic rings. The minimum absolute atomic E-state index is 0.159. The first kappa shape index (κ1) is 33.8. The van der Waals surface area contributed by atoms with Crippen molar-refractivity contribution in [3.05, 3.63) is 59.1 Å². The fraction of sp³-hybridized carbons (Fsp3) is 0.500. The molecular formula is C32H41ClFN8O3S+. The number of benzene rings is 1. The van der Waals surface area contributed by atoms with Crippen LogP contribution >= 0.6 is 11.6 Å². The normalized spacial score (nSPS) is 17.0. The number of nitrogens with one attached hydrogen (secondary N) is 2. The van der Waals surface area contributed by atoms with Crippen LogP contribution in [0.1, 0.15) is 31.7 Å². The molecule has 2 fully saturated rings. The number of pyridine rings is 1. The van der Waals surface area contributed by atoms with Gasteiger partial charge in [0.25, 0.3) is 0 Å². The van der Waals surface area contributed by atoms with Gasteiger partial charge in [0, 0.05) is 79.6 Å². The lowest BCUT2D eigenvalue weighted by Crippen LogP contribution is -2.50. The van der Waals surface area contributed by atoms with Gasteiger partial charge >= 0.3 is 17.7 Å². The Morgan fingerprint density at radius 2 is 1.83 bits per heavy atom. The lowest BCUT2D eigenvalue weighted by atomic mass is 9.96. The van der Waals surface area contributed by atoms with Crippen molar-refractivity contribution in [2.45, 2.75) is 38.8 Å². The molecule has 4 heterocycles. The number of urea groups is 1. The summed E-state index contributed by atoms with van der Waals surface area (Å²) >= 11 is 6.83. The number of amides is 2. The van der Waals surface area contributed by atoms with Crippen molar-refractivity contribution in [1.82, 2.24) is 35.4 Å². The van der Waals surface area contributed by atoms with E-state index >= 15 is 0 Å². The molecule has 0 radical (unpaired) electrons. The van der Waals surface area contributed by atoms with Gasteiger partial charge in [-0.05, 0) is 68.6 Å². The Kier molecular flexibility index (Phi) is 12.0. The van der Waals surface area contributed by atoms with E-state index in [1.807, 2.05) is 12.1 Å². The molecule has 1 unspecified atom stereocenters. The average molecular weight is 672 g/mol. The number of piperidine rings is 1. The maximum absolute atomic E-state index is 14.3. The van der Waals surface area contributed by atoms with Gasteiger partial charge in [0.1, 0.15) is 5.82 Å². The second kappa shape index (κ2) is 16.3. The molecule has 0 saturated carbocycles. The summed E-state index contributed by atoms with van der Waals surface area (Å²) in [5, 5.41) is 5.79. The maximum Gasteiger partial charge on any atom is 0.458 e. The van der Waals surface area contributed by atoms with Gasteiger partial charge in [-0.15, -0.1) is 0 Å². The van der Waals surface area contributed by atoms with Crippen molar-refractivity contribution < 1.29 is 18.1 Å². The average Bonchev–Trinajstić information content (AvgIpc) is 3.06. The summed E-state index contributed by atoms with van der Waals surface area (Å²) in [6.45, 7) is 8.66. The Bertz CT molecular complexity index is 1450. The lowest BCUT2D eigenvalue weighted by molar-refractivity contribution is 0.175. The molecule has 14 heteroatoms. The summed E-state index contributed by atoms with van der Waals surface area (Å²) in [4.78, 5) is 32.3. The number of likely N-dealkylation sites (tertiary alicyclic amines) is 1. The fourth-order valence-electron chi connectivity index (χ4n) is 5.89. The van der Waals surface area contributed by atoms with E-state index in [1.165, 1.54) is 12.1 Å². The minimum atomic E-state index is -0.439. The number of hydrogen-bond donors (Lipinski definition) is 2. The molecule has 5 rings (SSSR count). The number of ether oxygens (including phenoxy) is 1. The Hall–Kier alpha value is -3.52. The second-order valence-electron chi connectivity index (χ2n) is 11.8. The van der Waals surface area contributed by atoms with E-state index in [1.54, 1.807) is 25.5 Å². The van der Waals surface area contributed by atoms with Gasteiger partial charge in [-0.2, -0.15) is 0 Å². The zero-order valence-corrected chi connectivity index (χ0v) is 27.8. The van der Waals surface area contributed by atoms with E-state index in [0.717, 1.165) is 64.1 Å². The van der Waals surface area contributed by atoms with Gasteiger partial charge in [0.15, 0.2) is 5.75 Å². The monoisotopic (exact) mass is 671 g/mol. The highest BCUT2D eigenvalue weighted by Gasteiger charge is 2.24. The Balaban J connectivity index is 1.26. The highest BCUT2D eigenvalue weighted by molar-refractivity contribution is 7.65. The molecular weight excluding hydrogens is 631 g/mol. The number of hydrogen-bond acceptors (Lipinski definition) is 9. The van der Waals surface area contributed by atoms with E-state index in [0.29, 0.717) is 71.3 Å². The fourth-order valence-corrected chi connectivity index (χ4v) is 6.55. The summed E-state index contributed by atoms with van der Waals surface area (Å²) < 4.78 is 31.2. The lowest BCUT2D eigenvalue weighted by Gasteiger charge is -2.37. The van der Waals surface area contributed by atoms with Crippen LogP contribution in [0, 0.1) is 11.7 Å². The molecule has 2 saturated heterocycles. The van der Waals surface area contributed by atoms with Crippen LogP contribution in [0.2, 0.25) is 5.02 Å². The third-order valence-corrected chi connectivity index (χ3v) is 9.21. The van der Waals surface area contributed by atoms with Crippen molar-refractivity contribution in [2.75, 3.05) is 63.5 Å². The zero-order chi connectivity index (χ0) is 32.5. The van der Waals surface area contributed by atoms with E-state index in [-0.39, 0.29) is 11.1 Å². The molecule has 0 bridgehead atoms. The molecule has 2 aromatic heterocycles. The van der Waals surface area contributed by atoms with Gasteiger partial charge in [-0.3, -0.25) is 9.80 Å². The molecule has 0 spiro atoms. The van der Waals surface area contributed by atoms with E-state index in [2.05, 4.69) is 47.2 Å². The highest BCUT2D eigenvalue weighted by atomic mass is 35.5. The third kappa shape index (κ3) is 9.50. The number of anilines is 1. The van der Waals surface area contributed by atoms with Gasteiger partial charge in [0.05, 0.1) is 18.1 Å². The van der Waals surface area contributed by atoms with E-state index in [9.17, 15) is 13.4 Å². The number of rotatable bonds is 12. The molecule has 1 aromatic carbocycles. The second-order valence-corrected chi connectivity index (χ2v) is 12.9. The predicted octanol–water partition coefficient (Wildman–Crippen LogP) is 4.59. The van der Waals surface area contributed by atoms with Gasteiger partial charge < -0.3 is 20.3 Å². The SMILES string of the molecule is CNC(=O)NCC1CCN(Cc2cc(Oc3cnc(N4CCN(C(C)CC[S+]=O)CC4)nc3)nc(-c3cc(F)cc(Cl)c3)c2)CC1. The van der Waals surface area contributed by atoms with Crippen LogP contribution in [0.25, 0.3) is 11.3 Å². The van der Waals surface area contributed by atoms with Crippen LogP contribution in [0.5, 0.6) is 11.6 Å². The molecule has 46 heavy (non-hydrogen) atoms. The molecule has 1 atom stereocenters. The zero-order valence-electron chi connectivity index (χ0n) is 26.3. The Labute approximate surface area is 278 Å². The van der Waals surface area contributed by atoms with Crippen molar-refractivity contribution in [3.8, 4) is 22.9 Å². The molecule has 246 valence electrons. The summed E-state index contributed by atoms with van der Waals surface area (Å²) in [5.74, 6) is 2.06. The number of nitrogens with zero attached hydrogens (tertiary/aromatic N) is 6. The first-order valence-electron chi connectivity index (χ1n) is 15.7. The van der Waals surface area contributed by atoms with Crippen molar-refractivity contribution in [1.29, 1.82) is 0 Å². The smallest absolute Gasteiger partial charge is 0.436 e. The van der Waals surface area contributed by atoms with Crippen molar-refractivity contribution >= 4 is 35.2 Å². The van der Waals surface area contributed by atoms with Crippen LogP contribution in [0.4, 0.5) is 15.1 Å². The third-order valence-electron chi connectivity index (χ3n) is 8.59. The van der Waals surface area contributed by atoms with Gasteiger partial charge in [0.2, 0.25) is 17.6 Å². The van der Waals surface area contributed by atoms with Crippen LogP contribution in [0.15, 0.2) is 42.7 Å². The molecule has 11 nitrogen and oxygen atoms in total. The standard InChI is InChI=1S/C32H40ClFN8O3S/c1-22(5-12-46-44)41-8-10-42(11-9-41)31-36-19-28(20-37-31)45-30-14-24(13-29(39-30)25-15-26(33)17-27(34)16-25)21-40-6-3-23(4-7-40)18-38-32(43)35-2/h13-17,19-20,22-23H,3-12,18,21H2,1-2H3,(H-,35,38,43)/p+1. The van der Waals surface area contributed by atoms with Crippen LogP contribution < -0.4 is 20.3 Å². The summed E-state index contributed by atoms with van der Waals surface area (Å²) in [7, 11) is 1.61. The number of carbonyl (C=O) groups excluding carboxylic acids is 1. The summed E-state index contributed by atoms with van der Waals surface area (Å²) in [6.07, 6.45) is 6.13. The number of piperazine rings is 1. The Morgan fingerprint density at radius 1 is 1.09 bits per heavy atom. The topological polar surface area (TPSA) is 116 Å². The van der Waals surface area contributed by atoms with E-state index < -0.39 is 5.82 Å². The predicted molar refractivity (Wildman–Crippen MR) is 178 cm³/mol. The molecule has 2 amide bonds. The van der Waals surface area contributed by atoms with Crippen LogP contribution in [0.3, 0.4) is 0 Å². The highest BCUT2D eigenvalue weighted by Crippen LogP contribution is 2.29. The molecule has 3 aromatic rings. The van der Waals surface area contributed by atoms with Crippen molar-refractivity contribution in [2.24, 2.45) is 5.92 Å². The summed E-state index contributed by atoms with van der Waals surface area (Å²) in [5.41, 5.74) is 2.08. The van der Waals surface area contributed by atoms with Crippen molar-refractivity contribution in [3.63, 3.8) is 0 Å². The number of carbonyl (C=O) groups is 1. The Morgan fingerprint density at radius 3 is 2.50 bits per heavy atom. The quantitative estimate of drug-likeness (QED) is 0.267. The molecule has 0 aliphatic carbocycles. The van der Waals surface area contributed by atoms with Gasteiger partial charge in [-0.1, -0.05) is 11.6 Å². The number of aromatic nitrogens is 3. The largest absolute Gasteiger partial charge is 0.458 e. The minimum Gasteiger partial charge on any atom is -0.436 e. The summed E-state index contributed by atoms with van der Waals surface area (Å²) in [6, 6.07) is 8.42. The number of halogens is 2. The maximum atomic E-state index is 14.3.